The molecule has 0 aliphatic carbocycles. The van der Waals surface area contributed by atoms with Crippen LogP contribution in [0.25, 0.3) is 11.5 Å². The maximum absolute atomic E-state index is 5.27. The highest BCUT2D eigenvalue weighted by Crippen LogP contribution is 2.22. The second-order valence-corrected chi connectivity index (χ2v) is 4.94. The lowest BCUT2D eigenvalue weighted by molar-refractivity contribution is 0.174. The molecule has 21 heavy (non-hydrogen) atoms. The van der Waals surface area contributed by atoms with Crippen LogP contribution in [0.2, 0.25) is 0 Å². The number of rotatable bonds is 4. The molecule has 2 aromatic rings. The Morgan fingerprint density at radius 2 is 2.33 bits per heavy atom. The normalized spacial score (nSPS) is 16.0. The zero-order valence-electron chi connectivity index (χ0n) is 12.1. The lowest BCUT2D eigenvalue weighted by Gasteiger charge is -2.21. The molecular formula is C14H19N5O2. The Morgan fingerprint density at radius 1 is 1.38 bits per heavy atom. The largest absolute Gasteiger partial charge is 0.377 e. The highest BCUT2D eigenvalue weighted by Gasteiger charge is 2.14. The van der Waals surface area contributed by atoms with Gasteiger partial charge >= 0.3 is 0 Å². The molecule has 1 aliphatic rings. The Morgan fingerprint density at radius 3 is 3.24 bits per heavy atom. The Labute approximate surface area is 123 Å². The van der Waals surface area contributed by atoms with Gasteiger partial charge in [-0.1, -0.05) is 5.16 Å². The lowest BCUT2D eigenvalue weighted by atomic mass is 10.2. The SMILES string of the molecule is COCc1noc(-c2ccnc(N3CCCNCC3)c2)n1. The predicted octanol–water partition coefficient (Wildman–Crippen LogP) is 1.08. The van der Waals surface area contributed by atoms with E-state index in [2.05, 4.69) is 25.3 Å². The van der Waals surface area contributed by atoms with Crippen LogP contribution in [0.15, 0.2) is 22.9 Å². The molecule has 0 saturated carbocycles. The Kier molecular flexibility index (Phi) is 4.42. The minimum Gasteiger partial charge on any atom is -0.377 e. The summed E-state index contributed by atoms with van der Waals surface area (Å²) < 4.78 is 10.3. The van der Waals surface area contributed by atoms with Crippen LogP contribution >= 0.6 is 0 Å². The van der Waals surface area contributed by atoms with Gasteiger partial charge in [-0.2, -0.15) is 4.98 Å². The molecule has 0 atom stereocenters. The van der Waals surface area contributed by atoms with Crippen LogP contribution in [0.5, 0.6) is 0 Å². The van der Waals surface area contributed by atoms with E-state index in [1.807, 2.05) is 12.1 Å². The number of anilines is 1. The molecule has 0 radical (unpaired) electrons. The molecule has 0 unspecified atom stereocenters. The standard InChI is InChI=1S/C14H19N5O2/c1-20-10-12-17-14(21-18-12)11-3-5-16-13(9-11)19-7-2-4-15-6-8-19/h3,5,9,15H,2,4,6-8,10H2,1H3. The minimum absolute atomic E-state index is 0.346. The number of pyridine rings is 1. The van der Waals surface area contributed by atoms with E-state index in [1.165, 1.54) is 0 Å². The number of methoxy groups -OCH3 is 1. The van der Waals surface area contributed by atoms with Gasteiger partial charge < -0.3 is 19.5 Å². The Hall–Kier alpha value is -1.99. The first kappa shape index (κ1) is 14.0. The Balaban J connectivity index is 1.81. The van der Waals surface area contributed by atoms with Crippen LogP contribution in [0.1, 0.15) is 12.2 Å². The van der Waals surface area contributed by atoms with Crippen molar-refractivity contribution in [3.8, 4) is 11.5 Å². The van der Waals surface area contributed by atoms with Crippen LogP contribution in [-0.4, -0.2) is 48.4 Å². The molecule has 112 valence electrons. The topological polar surface area (TPSA) is 76.3 Å². The molecule has 0 spiro atoms. The fourth-order valence-electron chi connectivity index (χ4n) is 2.36. The number of hydrogen-bond donors (Lipinski definition) is 1. The minimum atomic E-state index is 0.346. The summed E-state index contributed by atoms with van der Waals surface area (Å²) in [7, 11) is 1.61. The van der Waals surface area contributed by atoms with E-state index in [-0.39, 0.29) is 0 Å². The smallest absolute Gasteiger partial charge is 0.258 e. The number of ether oxygens (including phenoxy) is 1. The number of aromatic nitrogens is 3. The van der Waals surface area contributed by atoms with Crippen LogP contribution in [0.4, 0.5) is 5.82 Å². The van der Waals surface area contributed by atoms with Crippen molar-refractivity contribution in [2.75, 3.05) is 38.2 Å². The number of nitrogens with zero attached hydrogens (tertiary/aromatic N) is 4. The van der Waals surface area contributed by atoms with E-state index in [9.17, 15) is 0 Å². The Bertz CT molecular complexity index is 578. The first-order valence-corrected chi connectivity index (χ1v) is 7.10. The molecule has 3 heterocycles. The summed E-state index contributed by atoms with van der Waals surface area (Å²) in [5.41, 5.74) is 0.882. The molecule has 1 saturated heterocycles. The maximum Gasteiger partial charge on any atom is 0.258 e. The number of hydrogen-bond acceptors (Lipinski definition) is 7. The van der Waals surface area contributed by atoms with Crippen LogP contribution < -0.4 is 10.2 Å². The first-order valence-electron chi connectivity index (χ1n) is 7.10. The van der Waals surface area contributed by atoms with E-state index in [4.69, 9.17) is 9.26 Å². The van der Waals surface area contributed by atoms with Gasteiger partial charge in [-0.3, -0.25) is 0 Å². The van der Waals surface area contributed by atoms with E-state index >= 15 is 0 Å². The second kappa shape index (κ2) is 6.64. The quantitative estimate of drug-likeness (QED) is 0.902. The zero-order chi connectivity index (χ0) is 14.5. The molecule has 0 bridgehead atoms. The summed E-state index contributed by atoms with van der Waals surface area (Å²) in [5.74, 6) is 1.99. The molecule has 1 aliphatic heterocycles. The van der Waals surface area contributed by atoms with Gasteiger partial charge in [-0.05, 0) is 25.1 Å². The summed E-state index contributed by atoms with van der Waals surface area (Å²) >= 11 is 0. The van der Waals surface area contributed by atoms with Gasteiger partial charge in [0.1, 0.15) is 12.4 Å². The van der Waals surface area contributed by atoms with Crippen LogP contribution in [-0.2, 0) is 11.3 Å². The van der Waals surface area contributed by atoms with Crippen molar-refractivity contribution in [2.24, 2.45) is 0 Å². The molecule has 2 aromatic heterocycles. The van der Waals surface area contributed by atoms with Gasteiger partial charge in [0.05, 0.1) is 0 Å². The van der Waals surface area contributed by atoms with Crippen molar-refractivity contribution in [3.63, 3.8) is 0 Å². The molecule has 3 rings (SSSR count). The van der Waals surface area contributed by atoms with Crippen LogP contribution in [0, 0.1) is 0 Å². The van der Waals surface area contributed by atoms with Gasteiger partial charge in [0.2, 0.25) is 0 Å². The second-order valence-electron chi connectivity index (χ2n) is 4.94. The highest BCUT2D eigenvalue weighted by atomic mass is 16.5. The van der Waals surface area contributed by atoms with Gasteiger partial charge in [0, 0.05) is 38.5 Å². The summed E-state index contributed by atoms with van der Waals surface area (Å²) in [6.07, 6.45) is 2.90. The highest BCUT2D eigenvalue weighted by molar-refractivity contribution is 5.58. The van der Waals surface area contributed by atoms with Crippen molar-refractivity contribution < 1.29 is 9.26 Å². The number of nitrogens with one attached hydrogen (secondary N) is 1. The molecule has 0 amide bonds. The first-order chi connectivity index (χ1) is 10.4. The van der Waals surface area contributed by atoms with Crippen molar-refractivity contribution in [3.05, 3.63) is 24.2 Å². The van der Waals surface area contributed by atoms with Crippen molar-refractivity contribution >= 4 is 5.82 Å². The van der Waals surface area contributed by atoms with Crippen molar-refractivity contribution in [1.82, 2.24) is 20.4 Å². The summed E-state index contributed by atoms with van der Waals surface area (Å²) in [6, 6.07) is 3.87. The molecule has 0 aromatic carbocycles. The molecule has 7 heteroatoms. The van der Waals surface area contributed by atoms with E-state index < -0.39 is 0 Å². The fraction of sp³-hybridized carbons (Fsp3) is 0.500. The molecule has 1 fully saturated rings. The van der Waals surface area contributed by atoms with Crippen molar-refractivity contribution in [2.45, 2.75) is 13.0 Å². The average molecular weight is 289 g/mol. The predicted molar refractivity (Wildman–Crippen MR) is 77.9 cm³/mol. The van der Waals surface area contributed by atoms with Gasteiger partial charge in [0.15, 0.2) is 5.82 Å². The summed E-state index contributed by atoms with van der Waals surface area (Å²) in [6.45, 7) is 4.33. The third-order valence-corrected chi connectivity index (χ3v) is 3.40. The molecule has 1 N–H and O–H groups in total. The summed E-state index contributed by atoms with van der Waals surface area (Å²) in [4.78, 5) is 11.0. The monoisotopic (exact) mass is 289 g/mol. The van der Waals surface area contributed by atoms with Crippen LogP contribution in [0.3, 0.4) is 0 Å². The average Bonchev–Trinajstić information content (AvgIpc) is 2.82. The third-order valence-electron chi connectivity index (χ3n) is 3.40. The van der Waals surface area contributed by atoms with E-state index in [0.717, 1.165) is 44.0 Å². The van der Waals surface area contributed by atoms with E-state index in [1.54, 1.807) is 13.3 Å². The summed E-state index contributed by atoms with van der Waals surface area (Å²) in [5, 5.41) is 7.27. The zero-order valence-corrected chi connectivity index (χ0v) is 12.1. The molecule has 7 nitrogen and oxygen atoms in total. The lowest BCUT2D eigenvalue weighted by Crippen LogP contribution is -2.28. The third kappa shape index (κ3) is 3.37. The van der Waals surface area contributed by atoms with Gasteiger partial charge in [0.25, 0.3) is 5.89 Å². The maximum atomic E-state index is 5.27. The molecular weight excluding hydrogens is 270 g/mol. The fourth-order valence-corrected chi connectivity index (χ4v) is 2.36. The van der Waals surface area contributed by atoms with Crippen molar-refractivity contribution in [1.29, 1.82) is 0 Å². The van der Waals surface area contributed by atoms with Gasteiger partial charge in [-0.25, -0.2) is 4.98 Å². The van der Waals surface area contributed by atoms with Gasteiger partial charge in [-0.15, -0.1) is 0 Å². The van der Waals surface area contributed by atoms with E-state index in [0.29, 0.717) is 18.3 Å².